The molecule has 30 heavy (non-hydrogen) atoms. The van der Waals surface area contributed by atoms with E-state index in [0.29, 0.717) is 18.2 Å². The summed E-state index contributed by atoms with van der Waals surface area (Å²) in [7, 11) is 3.71. The lowest BCUT2D eigenvalue weighted by molar-refractivity contribution is 0.615. The summed E-state index contributed by atoms with van der Waals surface area (Å²) in [5, 5.41) is 11.2. The van der Waals surface area contributed by atoms with Crippen LogP contribution in [0.25, 0.3) is 0 Å². The van der Waals surface area contributed by atoms with Crippen molar-refractivity contribution in [2.24, 2.45) is 12.0 Å². The first-order valence-corrected chi connectivity index (χ1v) is 10.3. The zero-order valence-corrected chi connectivity index (χ0v) is 21.5. The van der Waals surface area contributed by atoms with Crippen LogP contribution in [-0.4, -0.2) is 41.9 Å². The summed E-state index contributed by atoms with van der Waals surface area (Å²) in [6, 6.07) is 5.60. The molecule has 2 rings (SSSR count). The van der Waals surface area contributed by atoms with Gasteiger partial charge < -0.3 is 15.5 Å². The Kier molecular flexibility index (Phi) is 10.6. The Hall–Kier alpha value is -1.84. The molecule has 168 valence electrons. The van der Waals surface area contributed by atoms with Crippen LogP contribution in [0.15, 0.2) is 23.2 Å². The van der Waals surface area contributed by atoms with Crippen molar-refractivity contribution < 1.29 is 4.39 Å². The van der Waals surface area contributed by atoms with Crippen molar-refractivity contribution in [1.82, 2.24) is 20.4 Å². The second-order valence-corrected chi connectivity index (χ2v) is 7.41. The summed E-state index contributed by atoms with van der Waals surface area (Å²) < 4.78 is 16.4. The Morgan fingerprint density at radius 1 is 1.27 bits per heavy atom. The minimum absolute atomic E-state index is 0. The number of hydrogen-bond donors (Lipinski definition) is 2. The van der Waals surface area contributed by atoms with Gasteiger partial charge >= 0.3 is 0 Å². The second kappa shape index (κ2) is 12.1. The molecule has 0 aliphatic rings. The highest BCUT2D eigenvalue weighted by Gasteiger charge is 2.14. The summed E-state index contributed by atoms with van der Waals surface area (Å²) in [5.41, 5.74) is 5.04. The highest BCUT2D eigenvalue weighted by Crippen LogP contribution is 2.20. The number of guanidine groups is 1. The molecule has 1 unspecified atom stereocenters. The van der Waals surface area contributed by atoms with Gasteiger partial charge in [0.25, 0.3) is 0 Å². The van der Waals surface area contributed by atoms with Crippen LogP contribution >= 0.6 is 24.0 Å². The summed E-state index contributed by atoms with van der Waals surface area (Å²) in [4.78, 5) is 6.31. The molecule has 8 heteroatoms. The van der Waals surface area contributed by atoms with E-state index in [0.717, 1.165) is 30.8 Å². The molecular formula is C22H36FIN6. The minimum atomic E-state index is -0.188. The third kappa shape index (κ3) is 6.58. The Labute approximate surface area is 197 Å². The minimum Gasteiger partial charge on any atom is -0.370 e. The van der Waals surface area contributed by atoms with Gasteiger partial charge in [-0.15, -0.1) is 24.0 Å². The van der Waals surface area contributed by atoms with E-state index >= 15 is 0 Å². The molecule has 0 amide bonds. The molecule has 0 aliphatic carbocycles. The maximum Gasteiger partial charge on any atom is 0.191 e. The molecule has 0 saturated carbocycles. The van der Waals surface area contributed by atoms with Crippen LogP contribution < -0.4 is 15.5 Å². The predicted molar refractivity (Wildman–Crippen MR) is 135 cm³/mol. The number of anilines is 1. The predicted octanol–water partition coefficient (Wildman–Crippen LogP) is 3.94. The smallest absolute Gasteiger partial charge is 0.191 e. The molecule has 1 heterocycles. The van der Waals surface area contributed by atoms with E-state index in [2.05, 4.69) is 34.6 Å². The number of aliphatic imine (C=N–C) groups is 1. The SMILES string of the molecule is CCN(CC)c1ccc(CNC(=NC)NC(C)Cc2c(C)nn(C)c2C)cc1F.I. The van der Waals surface area contributed by atoms with Crippen LogP contribution in [0.1, 0.15) is 43.3 Å². The average molecular weight is 530 g/mol. The fraction of sp³-hybridized carbons (Fsp3) is 0.545. The van der Waals surface area contributed by atoms with Crippen molar-refractivity contribution >= 4 is 35.6 Å². The van der Waals surface area contributed by atoms with E-state index in [1.54, 1.807) is 13.1 Å². The van der Waals surface area contributed by atoms with Gasteiger partial charge in [-0.3, -0.25) is 9.67 Å². The maximum absolute atomic E-state index is 14.5. The van der Waals surface area contributed by atoms with E-state index in [1.807, 2.05) is 49.5 Å². The van der Waals surface area contributed by atoms with Gasteiger partial charge in [-0.1, -0.05) is 6.07 Å². The Morgan fingerprint density at radius 2 is 1.93 bits per heavy atom. The first kappa shape index (κ1) is 26.2. The zero-order valence-electron chi connectivity index (χ0n) is 19.2. The number of hydrogen-bond acceptors (Lipinski definition) is 3. The number of aromatic nitrogens is 2. The summed E-state index contributed by atoms with van der Waals surface area (Å²) >= 11 is 0. The lowest BCUT2D eigenvalue weighted by Crippen LogP contribution is -2.42. The highest BCUT2D eigenvalue weighted by molar-refractivity contribution is 14.0. The molecular weight excluding hydrogens is 494 g/mol. The van der Waals surface area contributed by atoms with E-state index < -0.39 is 0 Å². The standard InChI is InChI=1S/C22H35FN6.HI/c1-8-29(9-2)21-11-10-18(13-20(21)23)14-25-22(24-6)26-15(3)12-19-16(4)27-28(7)17(19)5;/h10-11,13,15H,8-9,12,14H2,1-7H3,(H2,24,25,26);1H. The normalized spacial score (nSPS) is 12.3. The maximum atomic E-state index is 14.5. The van der Waals surface area contributed by atoms with E-state index in [4.69, 9.17) is 0 Å². The Balaban J connectivity index is 0.00000450. The van der Waals surface area contributed by atoms with Crippen LogP contribution in [0.3, 0.4) is 0 Å². The number of nitrogens with zero attached hydrogens (tertiary/aromatic N) is 4. The van der Waals surface area contributed by atoms with Gasteiger partial charge in [0.05, 0.1) is 11.4 Å². The van der Waals surface area contributed by atoms with E-state index in [1.165, 1.54) is 11.3 Å². The molecule has 0 fully saturated rings. The van der Waals surface area contributed by atoms with Crippen LogP contribution in [-0.2, 0) is 20.0 Å². The van der Waals surface area contributed by atoms with Gasteiger partial charge in [0.15, 0.2) is 5.96 Å². The molecule has 6 nitrogen and oxygen atoms in total. The van der Waals surface area contributed by atoms with Crippen molar-refractivity contribution in [3.63, 3.8) is 0 Å². The molecule has 0 saturated heterocycles. The Bertz CT molecular complexity index is 844. The van der Waals surface area contributed by atoms with Crippen LogP contribution in [0, 0.1) is 19.7 Å². The molecule has 1 aromatic carbocycles. The fourth-order valence-corrected chi connectivity index (χ4v) is 3.57. The molecule has 0 bridgehead atoms. The summed E-state index contributed by atoms with van der Waals surface area (Å²) in [6.45, 7) is 12.4. The zero-order chi connectivity index (χ0) is 21.6. The molecule has 0 radical (unpaired) electrons. The summed E-state index contributed by atoms with van der Waals surface area (Å²) in [6.07, 6.45) is 0.861. The van der Waals surface area contributed by atoms with Crippen molar-refractivity contribution in [2.45, 2.75) is 53.6 Å². The van der Waals surface area contributed by atoms with Crippen LogP contribution in [0.2, 0.25) is 0 Å². The quantitative estimate of drug-likeness (QED) is 0.309. The van der Waals surface area contributed by atoms with Crippen LogP contribution in [0.5, 0.6) is 0 Å². The molecule has 0 aliphatic heterocycles. The second-order valence-electron chi connectivity index (χ2n) is 7.41. The number of halogens is 2. The topological polar surface area (TPSA) is 57.5 Å². The molecule has 2 N–H and O–H groups in total. The van der Waals surface area contributed by atoms with Crippen molar-refractivity contribution in [3.05, 3.63) is 46.5 Å². The molecule has 2 aromatic rings. The van der Waals surface area contributed by atoms with Gasteiger partial charge in [-0.25, -0.2) is 4.39 Å². The highest BCUT2D eigenvalue weighted by atomic mass is 127. The van der Waals surface area contributed by atoms with Gasteiger partial charge in [-0.2, -0.15) is 5.10 Å². The van der Waals surface area contributed by atoms with E-state index in [9.17, 15) is 4.39 Å². The van der Waals surface area contributed by atoms with Crippen LogP contribution in [0.4, 0.5) is 10.1 Å². The molecule has 0 spiro atoms. The number of rotatable bonds is 8. The van der Waals surface area contributed by atoms with Gasteiger partial charge in [0, 0.05) is 45.5 Å². The monoisotopic (exact) mass is 530 g/mol. The number of aryl methyl sites for hydroxylation is 2. The third-order valence-electron chi connectivity index (χ3n) is 5.35. The van der Waals surface area contributed by atoms with Crippen molar-refractivity contribution in [3.8, 4) is 0 Å². The fourth-order valence-electron chi connectivity index (χ4n) is 3.57. The van der Waals surface area contributed by atoms with Gasteiger partial charge in [0.2, 0.25) is 0 Å². The molecule has 1 atom stereocenters. The number of nitrogens with one attached hydrogen (secondary N) is 2. The average Bonchev–Trinajstić information content (AvgIpc) is 2.93. The first-order chi connectivity index (χ1) is 13.8. The Morgan fingerprint density at radius 3 is 2.43 bits per heavy atom. The van der Waals surface area contributed by atoms with Gasteiger partial charge in [-0.05, 0) is 64.3 Å². The summed E-state index contributed by atoms with van der Waals surface area (Å²) in [5.74, 6) is 0.511. The first-order valence-electron chi connectivity index (χ1n) is 10.3. The van der Waals surface area contributed by atoms with Crippen molar-refractivity contribution in [2.75, 3.05) is 25.0 Å². The third-order valence-corrected chi connectivity index (χ3v) is 5.35. The van der Waals surface area contributed by atoms with E-state index in [-0.39, 0.29) is 35.8 Å². The lowest BCUT2D eigenvalue weighted by atomic mass is 10.1. The molecule has 1 aromatic heterocycles. The van der Waals surface area contributed by atoms with Gasteiger partial charge in [0.1, 0.15) is 5.82 Å². The number of benzene rings is 1. The largest absolute Gasteiger partial charge is 0.370 e. The lowest BCUT2D eigenvalue weighted by Gasteiger charge is -2.22. The van der Waals surface area contributed by atoms with Crippen molar-refractivity contribution in [1.29, 1.82) is 0 Å².